The smallest absolute Gasteiger partial charge is 0.135 e. The maximum atomic E-state index is 13.3. The second kappa shape index (κ2) is 5.45. The van der Waals surface area contributed by atoms with Gasteiger partial charge in [0.1, 0.15) is 11.7 Å². The summed E-state index contributed by atoms with van der Waals surface area (Å²) in [4.78, 5) is 4.02. The lowest BCUT2D eigenvalue weighted by molar-refractivity contribution is 0.636. The lowest BCUT2D eigenvalue weighted by Gasteiger charge is -2.00. The Kier molecular flexibility index (Phi) is 3.72. The Morgan fingerprint density at radius 3 is 2.50 bits per heavy atom. The lowest BCUT2D eigenvalue weighted by Crippen LogP contribution is -2.16. The van der Waals surface area contributed by atoms with Crippen LogP contribution in [0.2, 0.25) is 0 Å². The molecule has 0 unspecified atom stereocenters. The van der Waals surface area contributed by atoms with Crippen LogP contribution in [0.15, 0.2) is 64.6 Å². The zero-order chi connectivity index (χ0) is 13.0. The molecule has 2 nitrogen and oxygen atoms in total. The van der Waals surface area contributed by atoms with Crippen molar-refractivity contribution in [1.82, 2.24) is 5.32 Å². The molecule has 0 aliphatic carbocycles. The van der Waals surface area contributed by atoms with Gasteiger partial charge < -0.3 is 5.32 Å². The monoisotopic (exact) mass is 242 g/mol. The molecule has 1 N–H and O–H groups in total. The molecule has 92 valence electrons. The van der Waals surface area contributed by atoms with Crippen LogP contribution in [-0.4, -0.2) is 12.9 Å². The summed E-state index contributed by atoms with van der Waals surface area (Å²) in [6, 6.07) is 9.95. The van der Waals surface area contributed by atoms with Crippen LogP contribution in [-0.2, 0) is 0 Å². The number of halogens is 1. The average Bonchev–Trinajstić information content (AvgIpc) is 2.81. The van der Waals surface area contributed by atoms with Crippen molar-refractivity contribution < 1.29 is 4.39 Å². The predicted octanol–water partition coefficient (Wildman–Crippen LogP) is 3.46. The van der Waals surface area contributed by atoms with Crippen LogP contribution in [0.25, 0.3) is 6.08 Å². The molecule has 0 atom stereocenters. The molecule has 1 aromatic carbocycles. The number of benzene rings is 1. The van der Waals surface area contributed by atoms with Gasteiger partial charge in [0.05, 0.1) is 5.57 Å². The number of allylic oxidation sites excluding steroid dienone is 2. The Morgan fingerprint density at radius 1 is 1.22 bits per heavy atom. The van der Waals surface area contributed by atoms with Crippen molar-refractivity contribution in [2.75, 3.05) is 7.05 Å². The summed E-state index contributed by atoms with van der Waals surface area (Å²) < 4.78 is 13.3. The van der Waals surface area contributed by atoms with Crippen molar-refractivity contribution in [3.8, 4) is 0 Å². The van der Waals surface area contributed by atoms with E-state index in [9.17, 15) is 4.39 Å². The van der Waals surface area contributed by atoms with Gasteiger partial charge in [0.25, 0.3) is 0 Å². The van der Waals surface area contributed by atoms with Gasteiger partial charge in [0.2, 0.25) is 0 Å². The molecule has 3 heteroatoms. The SMILES string of the molecule is CN=C1NC(C=Cc2ccccc2)=C/C1=C(/C)F. The maximum absolute atomic E-state index is 13.3. The highest BCUT2D eigenvalue weighted by Crippen LogP contribution is 2.18. The van der Waals surface area contributed by atoms with Gasteiger partial charge in [-0.05, 0) is 24.6 Å². The fourth-order valence-corrected chi connectivity index (χ4v) is 1.74. The van der Waals surface area contributed by atoms with Crippen molar-refractivity contribution in [1.29, 1.82) is 0 Å². The normalized spacial score (nSPS) is 20.2. The van der Waals surface area contributed by atoms with Crippen LogP contribution < -0.4 is 5.32 Å². The third-order valence-electron chi connectivity index (χ3n) is 2.67. The summed E-state index contributed by atoms with van der Waals surface area (Å²) in [7, 11) is 1.64. The number of amidine groups is 1. The molecule has 1 aromatic rings. The van der Waals surface area contributed by atoms with E-state index in [1.54, 1.807) is 13.1 Å². The summed E-state index contributed by atoms with van der Waals surface area (Å²) >= 11 is 0. The zero-order valence-corrected chi connectivity index (χ0v) is 10.4. The summed E-state index contributed by atoms with van der Waals surface area (Å²) in [5, 5.41) is 3.07. The van der Waals surface area contributed by atoms with E-state index < -0.39 is 0 Å². The lowest BCUT2D eigenvalue weighted by atomic mass is 10.2. The highest BCUT2D eigenvalue weighted by Gasteiger charge is 2.16. The molecular weight excluding hydrogens is 227 g/mol. The Labute approximate surface area is 106 Å². The zero-order valence-electron chi connectivity index (χ0n) is 10.4. The fraction of sp³-hybridized carbons (Fsp3) is 0.133. The minimum atomic E-state index is -0.230. The Balaban J connectivity index is 2.20. The second-order valence-electron chi connectivity index (χ2n) is 3.99. The molecule has 0 amide bonds. The van der Waals surface area contributed by atoms with Gasteiger partial charge in [-0.1, -0.05) is 36.4 Å². The molecule has 0 fully saturated rings. The van der Waals surface area contributed by atoms with E-state index in [-0.39, 0.29) is 5.83 Å². The minimum absolute atomic E-state index is 0.230. The second-order valence-corrected chi connectivity index (χ2v) is 3.99. The topological polar surface area (TPSA) is 24.4 Å². The largest absolute Gasteiger partial charge is 0.340 e. The molecule has 0 aromatic heterocycles. The molecular formula is C15H15FN2. The number of aliphatic imine (C=N–C) groups is 1. The molecule has 18 heavy (non-hydrogen) atoms. The molecule has 0 saturated heterocycles. The Hall–Kier alpha value is -2.16. The van der Waals surface area contributed by atoms with E-state index in [2.05, 4.69) is 10.3 Å². The summed E-state index contributed by atoms with van der Waals surface area (Å²) in [5.41, 5.74) is 2.46. The number of nitrogens with zero attached hydrogens (tertiary/aromatic N) is 1. The highest BCUT2D eigenvalue weighted by atomic mass is 19.1. The van der Waals surface area contributed by atoms with Gasteiger partial charge in [-0.3, -0.25) is 4.99 Å². The number of hydrogen-bond donors (Lipinski definition) is 1. The minimum Gasteiger partial charge on any atom is -0.340 e. The van der Waals surface area contributed by atoms with Crippen molar-refractivity contribution in [3.05, 3.63) is 65.1 Å². The van der Waals surface area contributed by atoms with Crippen LogP contribution in [0.3, 0.4) is 0 Å². The van der Waals surface area contributed by atoms with E-state index >= 15 is 0 Å². The summed E-state index contributed by atoms with van der Waals surface area (Å²) in [6.45, 7) is 1.43. The number of nitrogens with one attached hydrogen (secondary N) is 1. The van der Waals surface area contributed by atoms with Gasteiger partial charge >= 0.3 is 0 Å². The standard InChI is InChI=1S/C15H15FN2/c1-11(16)14-10-13(18-15(14)17-2)9-8-12-6-4-3-5-7-12/h3-10H,1-2H3,(H,17,18)/b9-8?,14-11+. The van der Waals surface area contributed by atoms with Gasteiger partial charge in [0, 0.05) is 12.7 Å². The summed E-state index contributed by atoms with van der Waals surface area (Å²) in [6.07, 6.45) is 5.65. The van der Waals surface area contributed by atoms with E-state index in [0.29, 0.717) is 11.4 Å². The van der Waals surface area contributed by atoms with Crippen molar-refractivity contribution in [3.63, 3.8) is 0 Å². The van der Waals surface area contributed by atoms with Crippen LogP contribution >= 0.6 is 0 Å². The van der Waals surface area contributed by atoms with Crippen LogP contribution in [0, 0.1) is 0 Å². The molecule has 1 heterocycles. The first kappa shape index (κ1) is 12.3. The average molecular weight is 242 g/mol. The van der Waals surface area contributed by atoms with E-state index in [4.69, 9.17) is 0 Å². The molecule has 2 rings (SSSR count). The van der Waals surface area contributed by atoms with Crippen molar-refractivity contribution in [2.45, 2.75) is 6.92 Å². The van der Waals surface area contributed by atoms with E-state index in [0.717, 1.165) is 11.3 Å². The first-order chi connectivity index (χ1) is 8.70. The first-order valence-electron chi connectivity index (χ1n) is 5.76. The quantitative estimate of drug-likeness (QED) is 0.843. The molecule has 1 aliphatic heterocycles. The number of hydrogen-bond acceptors (Lipinski definition) is 1. The molecule has 0 bridgehead atoms. The third kappa shape index (κ3) is 2.74. The van der Waals surface area contributed by atoms with Crippen molar-refractivity contribution >= 4 is 11.9 Å². The van der Waals surface area contributed by atoms with Crippen LogP contribution in [0.5, 0.6) is 0 Å². The first-order valence-corrected chi connectivity index (χ1v) is 5.76. The third-order valence-corrected chi connectivity index (χ3v) is 2.67. The molecule has 0 saturated carbocycles. The van der Waals surface area contributed by atoms with Gasteiger partial charge in [-0.2, -0.15) is 0 Å². The highest BCUT2D eigenvalue weighted by molar-refractivity contribution is 6.05. The van der Waals surface area contributed by atoms with Gasteiger partial charge in [-0.25, -0.2) is 4.39 Å². The van der Waals surface area contributed by atoms with Crippen LogP contribution in [0.4, 0.5) is 4.39 Å². The molecule has 0 spiro atoms. The van der Waals surface area contributed by atoms with E-state index in [1.165, 1.54) is 6.92 Å². The number of rotatable bonds is 2. The van der Waals surface area contributed by atoms with Gasteiger partial charge in [-0.15, -0.1) is 0 Å². The fourth-order valence-electron chi connectivity index (χ4n) is 1.74. The van der Waals surface area contributed by atoms with Crippen molar-refractivity contribution in [2.24, 2.45) is 4.99 Å². The maximum Gasteiger partial charge on any atom is 0.135 e. The predicted molar refractivity (Wildman–Crippen MR) is 73.9 cm³/mol. The molecule has 1 aliphatic rings. The van der Waals surface area contributed by atoms with E-state index in [1.807, 2.05) is 42.5 Å². The summed E-state index contributed by atoms with van der Waals surface area (Å²) in [5.74, 6) is 0.342. The molecule has 0 radical (unpaired) electrons. The Bertz CT molecular complexity index is 547. The van der Waals surface area contributed by atoms with Gasteiger partial charge in [0.15, 0.2) is 0 Å². The Morgan fingerprint density at radius 2 is 1.94 bits per heavy atom. The van der Waals surface area contributed by atoms with Crippen LogP contribution in [0.1, 0.15) is 12.5 Å².